The van der Waals surface area contributed by atoms with E-state index in [9.17, 15) is 22.8 Å². The number of carbonyl (C=O) groups is 2. The highest BCUT2D eigenvalue weighted by atomic mass is 35.5. The van der Waals surface area contributed by atoms with E-state index in [1.54, 1.807) is 5.32 Å². The SMILES string of the molecule is COC(=O)C(NC(=O)c1ccccc1Cl)(Nc1nccs1)C(F)(F)F. The van der Waals surface area contributed by atoms with Gasteiger partial charge >= 0.3 is 17.8 Å². The van der Waals surface area contributed by atoms with Gasteiger partial charge in [0.05, 0.1) is 17.7 Å². The van der Waals surface area contributed by atoms with Crippen LogP contribution in [0, 0.1) is 0 Å². The highest BCUT2D eigenvalue weighted by molar-refractivity contribution is 7.13. The van der Waals surface area contributed by atoms with Gasteiger partial charge in [-0.05, 0) is 12.1 Å². The quantitative estimate of drug-likeness (QED) is 0.603. The molecule has 0 aliphatic heterocycles. The molecule has 0 saturated carbocycles. The Morgan fingerprint density at radius 3 is 2.48 bits per heavy atom. The molecule has 0 aliphatic carbocycles. The van der Waals surface area contributed by atoms with E-state index in [1.807, 2.05) is 5.32 Å². The van der Waals surface area contributed by atoms with E-state index in [2.05, 4.69) is 9.72 Å². The van der Waals surface area contributed by atoms with Gasteiger partial charge in [-0.25, -0.2) is 9.78 Å². The lowest BCUT2D eigenvalue weighted by molar-refractivity contribution is -0.203. The van der Waals surface area contributed by atoms with Gasteiger partial charge in [0.25, 0.3) is 5.91 Å². The molecule has 1 heterocycles. The smallest absolute Gasteiger partial charge is 0.442 e. The molecular formula is C14H11ClF3N3O3S. The number of amides is 1. The summed E-state index contributed by atoms with van der Waals surface area (Å²) in [6.45, 7) is 0. The van der Waals surface area contributed by atoms with Crippen molar-refractivity contribution in [1.82, 2.24) is 10.3 Å². The molecule has 1 unspecified atom stereocenters. The molecule has 1 atom stereocenters. The number of carbonyl (C=O) groups excluding carboxylic acids is 2. The van der Waals surface area contributed by atoms with E-state index >= 15 is 0 Å². The minimum Gasteiger partial charge on any atom is -0.466 e. The van der Waals surface area contributed by atoms with Crippen molar-refractivity contribution in [3.63, 3.8) is 0 Å². The van der Waals surface area contributed by atoms with Gasteiger partial charge < -0.3 is 15.4 Å². The Kier molecular flexibility index (Phi) is 5.53. The van der Waals surface area contributed by atoms with Crippen LogP contribution in [0.1, 0.15) is 10.4 Å². The van der Waals surface area contributed by atoms with Gasteiger partial charge in [0.1, 0.15) is 0 Å². The monoisotopic (exact) mass is 393 g/mol. The van der Waals surface area contributed by atoms with Gasteiger partial charge in [-0.3, -0.25) is 4.79 Å². The van der Waals surface area contributed by atoms with Gasteiger partial charge in [0, 0.05) is 11.6 Å². The standard InChI is InChI=1S/C14H11ClF3N3O3S/c1-24-11(23)13(14(16,17)18,21-12-19-6-7-25-12)20-10(22)8-4-2-3-5-9(8)15/h2-7H,1H3,(H,19,21)(H,20,22). The van der Waals surface area contributed by atoms with Crippen molar-refractivity contribution in [2.45, 2.75) is 11.8 Å². The minimum absolute atomic E-state index is 0.0739. The lowest BCUT2D eigenvalue weighted by atomic mass is 10.1. The minimum atomic E-state index is -5.23. The number of anilines is 1. The number of nitrogens with zero attached hydrogens (tertiary/aromatic N) is 1. The van der Waals surface area contributed by atoms with Crippen molar-refractivity contribution >= 4 is 39.9 Å². The van der Waals surface area contributed by atoms with Gasteiger partial charge in [-0.2, -0.15) is 13.2 Å². The molecule has 0 fully saturated rings. The fourth-order valence-corrected chi connectivity index (χ4v) is 2.68. The Morgan fingerprint density at radius 1 is 1.28 bits per heavy atom. The van der Waals surface area contributed by atoms with Crippen LogP contribution >= 0.6 is 22.9 Å². The summed E-state index contributed by atoms with van der Waals surface area (Å²) < 4.78 is 45.5. The summed E-state index contributed by atoms with van der Waals surface area (Å²) in [5, 5.41) is 4.66. The fraction of sp³-hybridized carbons (Fsp3) is 0.214. The molecule has 2 rings (SSSR count). The molecule has 0 saturated heterocycles. The Morgan fingerprint density at radius 2 is 1.96 bits per heavy atom. The number of methoxy groups -OCH3 is 1. The molecule has 0 bridgehead atoms. The molecule has 2 aromatic rings. The van der Waals surface area contributed by atoms with Crippen LogP contribution in [0.5, 0.6) is 0 Å². The lowest BCUT2D eigenvalue weighted by Gasteiger charge is -2.34. The second-order valence-corrected chi connectivity index (χ2v) is 5.94. The highest BCUT2D eigenvalue weighted by Crippen LogP contribution is 2.34. The van der Waals surface area contributed by atoms with Crippen LogP contribution in [0.2, 0.25) is 5.02 Å². The number of aromatic nitrogens is 1. The third kappa shape index (κ3) is 3.85. The zero-order valence-electron chi connectivity index (χ0n) is 12.6. The van der Waals surface area contributed by atoms with Crippen LogP contribution in [0.3, 0.4) is 0 Å². The molecule has 134 valence electrons. The predicted octanol–water partition coefficient (Wildman–Crippen LogP) is 3.07. The molecule has 25 heavy (non-hydrogen) atoms. The molecule has 0 spiro atoms. The average molecular weight is 394 g/mol. The molecular weight excluding hydrogens is 383 g/mol. The molecule has 0 aliphatic rings. The van der Waals surface area contributed by atoms with Gasteiger partial charge in [-0.1, -0.05) is 23.7 Å². The number of thiazole rings is 1. The van der Waals surface area contributed by atoms with Crippen LogP contribution in [-0.4, -0.2) is 35.8 Å². The summed E-state index contributed by atoms with van der Waals surface area (Å²) in [7, 11) is 0.772. The van der Waals surface area contributed by atoms with E-state index < -0.39 is 23.7 Å². The number of hydrogen-bond donors (Lipinski definition) is 2. The van der Waals surface area contributed by atoms with Crippen molar-refractivity contribution in [1.29, 1.82) is 0 Å². The van der Waals surface area contributed by atoms with Crippen molar-refractivity contribution < 1.29 is 27.5 Å². The van der Waals surface area contributed by atoms with Crippen LogP contribution in [0.4, 0.5) is 18.3 Å². The van der Waals surface area contributed by atoms with Gasteiger partial charge in [-0.15, -0.1) is 11.3 Å². The number of alkyl halides is 3. The van der Waals surface area contributed by atoms with Gasteiger partial charge in [0.2, 0.25) is 0 Å². The second-order valence-electron chi connectivity index (χ2n) is 4.64. The van der Waals surface area contributed by atoms with E-state index in [4.69, 9.17) is 11.6 Å². The third-order valence-corrected chi connectivity index (χ3v) is 4.08. The first-order valence-corrected chi connectivity index (χ1v) is 7.87. The van der Waals surface area contributed by atoms with E-state index in [-0.39, 0.29) is 15.7 Å². The first kappa shape index (κ1) is 19.0. The topological polar surface area (TPSA) is 80.3 Å². The zero-order valence-corrected chi connectivity index (χ0v) is 14.1. The zero-order chi connectivity index (χ0) is 18.7. The van der Waals surface area contributed by atoms with E-state index in [1.165, 1.54) is 35.8 Å². The molecule has 1 aromatic carbocycles. The summed E-state index contributed by atoms with van der Waals surface area (Å²) in [4.78, 5) is 28.0. The van der Waals surface area contributed by atoms with E-state index in [0.717, 1.165) is 18.4 Å². The van der Waals surface area contributed by atoms with Crippen LogP contribution < -0.4 is 10.6 Å². The van der Waals surface area contributed by atoms with Crippen LogP contribution in [0.25, 0.3) is 0 Å². The Hall–Kier alpha value is -2.33. The maximum Gasteiger partial charge on any atom is 0.442 e. The largest absolute Gasteiger partial charge is 0.466 e. The summed E-state index contributed by atoms with van der Waals surface area (Å²) >= 11 is 6.64. The number of rotatable bonds is 5. The maximum absolute atomic E-state index is 13.7. The van der Waals surface area contributed by atoms with Crippen molar-refractivity contribution in [3.05, 3.63) is 46.4 Å². The predicted molar refractivity (Wildman–Crippen MR) is 85.5 cm³/mol. The molecule has 0 radical (unpaired) electrons. The normalized spacial score (nSPS) is 13.6. The molecule has 2 N–H and O–H groups in total. The summed E-state index contributed by atoms with van der Waals surface area (Å²) in [6, 6.07) is 5.48. The van der Waals surface area contributed by atoms with Crippen molar-refractivity contribution in [3.8, 4) is 0 Å². The summed E-state index contributed by atoms with van der Waals surface area (Å²) in [6.07, 6.45) is -4.00. The Balaban J connectivity index is 2.48. The number of nitrogens with one attached hydrogen (secondary N) is 2. The summed E-state index contributed by atoms with van der Waals surface area (Å²) in [5.41, 5.74) is -3.77. The fourth-order valence-electron chi connectivity index (χ4n) is 1.87. The molecule has 1 amide bonds. The lowest BCUT2D eigenvalue weighted by Crippen LogP contribution is -2.69. The Bertz CT molecular complexity index is 770. The number of esters is 1. The van der Waals surface area contributed by atoms with Crippen molar-refractivity contribution in [2.24, 2.45) is 0 Å². The van der Waals surface area contributed by atoms with E-state index in [0.29, 0.717) is 0 Å². The summed E-state index contributed by atoms with van der Waals surface area (Å²) in [5.74, 6) is -2.96. The van der Waals surface area contributed by atoms with Crippen molar-refractivity contribution in [2.75, 3.05) is 12.4 Å². The number of benzene rings is 1. The Labute approximate surface area is 149 Å². The number of hydrogen-bond acceptors (Lipinski definition) is 6. The van der Waals surface area contributed by atoms with Crippen LogP contribution in [0.15, 0.2) is 35.8 Å². The highest BCUT2D eigenvalue weighted by Gasteiger charge is 2.64. The van der Waals surface area contributed by atoms with Crippen LogP contribution in [-0.2, 0) is 9.53 Å². The average Bonchev–Trinajstić information content (AvgIpc) is 3.05. The number of ether oxygens (including phenoxy) is 1. The third-order valence-electron chi connectivity index (χ3n) is 3.06. The van der Waals surface area contributed by atoms with Gasteiger partial charge in [0.15, 0.2) is 5.13 Å². The molecule has 11 heteroatoms. The maximum atomic E-state index is 13.7. The first-order valence-electron chi connectivity index (χ1n) is 6.61. The number of halogens is 4. The second kappa shape index (κ2) is 7.28. The first-order chi connectivity index (χ1) is 11.7. The molecule has 6 nitrogen and oxygen atoms in total. The molecule has 1 aromatic heterocycles.